The van der Waals surface area contributed by atoms with Gasteiger partial charge in [0.05, 0.1) is 12.7 Å². The third-order valence-corrected chi connectivity index (χ3v) is 3.81. The third kappa shape index (κ3) is 2.34. The highest BCUT2D eigenvalue weighted by atomic mass is 16.5. The molecule has 3 rings (SSSR count). The topological polar surface area (TPSA) is 48.1 Å². The number of hydrogen-bond acceptors (Lipinski definition) is 3. The Kier molecular flexibility index (Phi) is 3.22. The van der Waals surface area contributed by atoms with Crippen LogP contribution in [0.5, 0.6) is 0 Å². The van der Waals surface area contributed by atoms with Crippen molar-refractivity contribution in [2.24, 2.45) is 0 Å². The Balaban J connectivity index is 1.93. The number of nitrogens with zero attached hydrogens (tertiary/aromatic N) is 1. The summed E-state index contributed by atoms with van der Waals surface area (Å²) in [5, 5.41) is 0. The lowest BCUT2D eigenvalue weighted by Gasteiger charge is -2.26. The molecule has 0 saturated carbocycles. The molecule has 2 N–H and O–H groups in total. The first-order chi connectivity index (χ1) is 9.25. The fraction of sp³-hybridized carbons (Fsp3) is 0.312. The number of benzene rings is 1. The number of aryl methyl sites for hydroxylation is 1. The Morgan fingerprint density at radius 1 is 1.32 bits per heavy atom. The van der Waals surface area contributed by atoms with Crippen LogP contribution in [-0.4, -0.2) is 11.6 Å². The molecule has 2 aromatic rings. The van der Waals surface area contributed by atoms with Crippen LogP contribution in [0.1, 0.15) is 28.4 Å². The van der Waals surface area contributed by atoms with Crippen LogP contribution in [0.2, 0.25) is 0 Å². The molecule has 3 heteroatoms. The molecule has 3 nitrogen and oxygen atoms in total. The number of anilines is 1. The van der Waals surface area contributed by atoms with E-state index >= 15 is 0 Å². The number of nitrogen functional groups attached to an aromatic ring is 1. The van der Waals surface area contributed by atoms with E-state index in [-0.39, 0.29) is 6.10 Å². The van der Waals surface area contributed by atoms with Crippen LogP contribution in [0.3, 0.4) is 0 Å². The van der Waals surface area contributed by atoms with Gasteiger partial charge in [-0.15, -0.1) is 0 Å². The van der Waals surface area contributed by atoms with Gasteiger partial charge in [0.15, 0.2) is 0 Å². The van der Waals surface area contributed by atoms with Crippen molar-refractivity contribution >= 4 is 5.82 Å². The summed E-state index contributed by atoms with van der Waals surface area (Å²) in [6, 6.07) is 10.5. The van der Waals surface area contributed by atoms with Crippen LogP contribution in [0.4, 0.5) is 5.82 Å². The predicted octanol–water partition coefficient (Wildman–Crippen LogP) is 2.83. The standard InChI is InChI=1S/C16H18N2O/c1-11-6-8-18-16(17)14(11)10-15-13-5-3-2-4-12(13)7-9-19-15/h2-6,8,15H,7,9-10H2,1H3,(H2,17,18). The van der Waals surface area contributed by atoms with Crippen LogP contribution < -0.4 is 5.73 Å². The molecule has 0 saturated heterocycles. The van der Waals surface area contributed by atoms with E-state index in [0.29, 0.717) is 5.82 Å². The Morgan fingerprint density at radius 2 is 2.16 bits per heavy atom. The molecule has 1 aliphatic rings. The zero-order valence-corrected chi connectivity index (χ0v) is 11.1. The Labute approximate surface area is 113 Å². The van der Waals surface area contributed by atoms with Crippen molar-refractivity contribution in [1.29, 1.82) is 0 Å². The predicted molar refractivity (Wildman–Crippen MR) is 75.9 cm³/mol. The fourth-order valence-electron chi connectivity index (χ4n) is 2.71. The summed E-state index contributed by atoms with van der Waals surface area (Å²) in [6.07, 6.45) is 3.63. The van der Waals surface area contributed by atoms with E-state index in [0.717, 1.165) is 25.0 Å². The van der Waals surface area contributed by atoms with Gasteiger partial charge in [0.25, 0.3) is 0 Å². The zero-order valence-electron chi connectivity index (χ0n) is 11.1. The van der Waals surface area contributed by atoms with Gasteiger partial charge in [0.2, 0.25) is 0 Å². The van der Waals surface area contributed by atoms with E-state index in [2.05, 4.69) is 36.2 Å². The summed E-state index contributed by atoms with van der Waals surface area (Å²) in [6.45, 7) is 2.85. The maximum atomic E-state index is 5.99. The molecule has 1 aromatic heterocycles. The monoisotopic (exact) mass is 254 g/mol. The molecule has 1 aliphatic heterocycles. The summed E-state index contributed by atoms with van der Waals surface area (Å²) >= 11 is 0. The largest absolute Gasteiger partial charge is 0.383 e. The van der Waals surface area contributed by atoms with E-state index in [1.165, 1.54) is 16.7 Å². The molecule has 1 aromatic carbocycles. The molecule has 0 radical (unpaired) electrons. The normalized spacial score (nSPS) is 18.1. The van der Waals surface area contributed by atoms with Crippen LogP contribution in [-0.2, 0) is 17.6 Å². The first-order valence-electron chi connectivity index (χ1n) is 6.65. The summed E-state index contributed by atoms with van der Waals surface area (Å²) in [7, 11) is 0. The molecule has 98 valence electrons. The zero-order chi connectivity index (χ0) is 13.2. The average molecular weight is 254 g/mol. The maximum absolute atomic E-state index is 5.99. The maximum Gasteiger partial charge on any atom is 0.126 e. The number of ether oxygens (including phenoxy) is 1. The van der Waals surface area contributed by atoms with Gasteiger partial charge in [-0.3, -0.25) is 0 Å². The third-order valence-electron chi connectivity index (χ3n) is 3.81. The number of pyridine rings is 1. The van der Waals surface area contributed by atoms with Crippen molar-refractivity contribution in [3.05, 3.63) is 58.8 Å². The molecule has 2 heterocycles. The van der Waals surface area contributed by atoms with Crippen molar-refractivity contribution in [3.63, 3.8) is 0 Å². The number of rotatable bonds is 2. The minimum Gasteiger partial charge on any atom is -0.383 e. The first-order valence-corrected chi connectivity index (χ1v) is 6.65. The van der Waals surface area contributed by atoms with E-state index in [9.17, 15) is 0 Å². The van der Waals surface area contributed by atoms with Gasteiger partial charge in [-0.2, -0.15) is 0 Å². The molecule has 1 atom stereocenters. The molecule has 0 bridgehead atoms. The summed E-state index contributed by atoms with van der Waals surface area (Å²) < 4.78 is 5.94. The molecule has 0 aliphatic carbocycles. The highest BCUT2D eigenvalue weighted by molar-refractivity contribution is 5.45. The van der Waals surface area contributed by atoms with Gasteiger partial charge in [0.1, 0.15) is 5.82 Å². The van der Waals surface area contributed by atoms with Gasteiger partial charge < -0.3 is 10.5 Å². The van der Waals surface area contributed by atoms with Crippen LogP contribution in [0.15, 0.2) is 36.5 Å². The molecular formula is C16H18N2O. The lowest BCUT2D eigenvalue weighted by Crippen LogP contribution is -2.19. The second-order valence-corrected chi connectivity index (χ2v) is 5.00. The second-order valence-electron chi connectivity index (χ2n) is 5.00. The first kappa shape index (κ1) is 12.2. The second kappa shape index (κ2) is 5.02. The van der Waals surface area contributed by atoms with Crippen LogP contribution in [0, 0.1) is 6.92 Å². The minimum atomic E-state index is 0.0927. The summed E-state index contributed by atoms with van der Waals surface area (Å²) in [4.78, 5) is 4.18. The van der Waals surface area contributed by atoms with E-state index < -0.39 is 0 Å². The molecule has 0 spiro atoms. The SMILES string of the molecule is Cc1ccnc(N)c1CC1OCCc2ccccc21. The van der Waals surface area contributed by atoms with Gasteiger partial charge in [-0.05, 0) is 36.1 Å². The highest BCUT2D eigenvalue weighted by Gasteiger charge is 2.22. The van der Waals surface area contributed by atoms with Crippen molar-refractivity contribution in [1.82, 2.24) is 4.98 Å². The van der Waals surface area contributed by atoms with E-state index in [1.807, 2.05) is 6.07 Å². The Bertz CT molecular complexity index is 575. The smallest absolute Gasteiger partial charge is 0.126 e. The molecule has 0 fully saturated rings. The minimum absolute atomic E-state index is 0.0927. The number of nitrogens with two attached hydrogens (primary N) is 1. The van der Waals surface area contributed by atoms with Crippen LogP contribution in [0.25, 0.3) is 0 Å². The van der Waals surface area contributed by atoms with Crippen molar-refractivity contribution < 1.29 is 4.74 Å². The Hall–Kier alpha value is -1.87. The lowest BCUT2D eigenvalue weighted by atomic mass is 9.92. The summed E-state index contributed by atoms with van der Waals surface area (Å²) in [5.41, 5.74) is 10.9. The number of hydrogen-bond donors (Lipinski definition) is 1. The Morgan fingerprint density at radius 3 is 3.00 bits per heavy atom. The molecular weight excluding hydrogens is 236 g/mol. The van der Waals surface area contributed by atoms with Crippen LogP contribution >= 0.6 is 0 Å². The highest BCUT2D eigenvalue weighted by Crippen LogP contribution is 2.31. The molecule has 1 unspecified atom stereocenters. The molecule has 19 heavy (non-hydrogen) atoms. The van der Waals surface area contributed by atoms with E-state index in [4.69, 9.17) is 10.5 Å². The number of aromatic nitrogens is 1. The summed E-state index contributed by atoms with van der Waals surface area (Å²) in [5.74, 6) is 0.617. The van der Waals surface area contributed by atoms with Gasteiger partial charge in [0, 0.05) is 18.2 Å². The van der Waals surface area contributed by atoms with Crippen molar-refractivity contribution in [3.8, 4) is 0 Å². The fourth-order valence-corrected chi connectivity index (χ4v) is 2.71. The van der Waals surface area contributed by atoms with Gasteiger partial charge in [-0.25, -0.2) is 4.98 Å². The number of fused-ring (bicyclic) bond motifs is 1. The quantitative estimate of drug-likeness (QED) is 0.896. The average Bonchev–Trinajstić information content (AvgIpc) is 2.43. The lowest BCUT2D eigenvalue weighted by molar-refractivity contribution is 0.0427. The molecule has 0 amide bonds. The van der Waals surface area contributed by atoms with Gasteiger partial charge >= 0.3 is 0 Å². The van der Waals surface area contributed by atoms with Crippen molar-refractivity contribution in [2.45, 2.75) is 25.9 Å². The van der Waals surface area contributed by atoms with Gasteiger partial charge in [-0.1, -0.05) is 24.3 Å². The van der Waals surface area contributed by atoms with Crippen molar-refractivity contribution in [2.75, 3.05) is 12.3 Å². The van der Waals surface area contributed by atoms with E-state index in [1.54, 1.807) is 6.20 Å².